The Labute approximate surface area is 161 Å². The molecule has 0 unspecified atom stereocenters. The third-order valence-electron chi connectivity index (χ3n) is 3.07. The van der Waals surface area contributed by atoms with E-state index in [9.17, 15) is 9.59 Å². The van der Waals surface area contributed by atoms with E-state index >= 15 is 0 Å². The van der Waals surface area contributed by atoms with Crippen LogP contribution in [0.15, 0.2) is 0 Å². The zero-order chi connectivity index (χ0) is 20.0. The second-order valence-corrected chi connectivity index (χ2v) is 5.44. The molecule has 0 aliphatic rings. The van der Waals surface area contributed by atoms with Gasteiger partial charge in [0, 0.05) is 13.2 Å². The number of hydrogen-bond acceptors (Lipinski definition) is 9. The van der Waals surface area contributed by atoms with Gasteiger partial charge < -0.3 is 33.2 Å². The highest BCUT2D eigenvalue weighted by Crippen LogP contribution is 1.92. The topological polar surface area (TPSA) is 98.8 Å². The zero-order valence-electron chi connectivity index (χ0n) is 16.6. The van der Waals surface area contributed by atoms with Crippen molar-refractivity contribution in [1.82, 2.24) is 0 Å². The van der Waals surface area contributed by atoms with E-state index in [0.717, 1.165) is 25.7 Å². The van der Waals surface area contributed by atoms with E-state index in [4.69, 9.17) is 33.2 Å². The maximum Gasteiger partial charge on any atom is 0.508 e. The molecule has 0 saturated heterocycles. The summed E-state index contributed by atoms with van der Waals surface area (Å²) in [5.41, 5.74) is 0. The molecule has 0 aromatic heterocycles. The summed E-state index contributed by atoms with van der Waals surface area (Å²) in [6, 6.07) is 0. The van der Waals surface area contributed by atoms with E-state index in [1.54, 1.807) is 0 Å². The molecule has 0 atom stereocenters. The SMILES string of the molecule is CCCCOCCOC(=O)OCCOCCOC(=O)OCCOCCCC. The lowest BCUT2D eigenvalue weighted by Crippen LogP contribution is -2.17. The summed E-state index contributed by atoms with van der Waals surface area (Å²) in [6.07, 6.45) is 2.55. The van der Waals surface area contributed by atoms with Gasteiger partial charge in [0.05, 0.1) is 26.4 Å². The van der Waals surface area contributed by atoms with Gasteiger partial charge in [-0.05, 0) is 12.8 Å². The first-order valence-corrected chi connectivity index (χ1v) is 9.53. The lowest BCUT2D eigenvalue weighted by Gasteiger charge is -2.08. The number of carbonyl (C=O) groups excluding carboxylic acids is 2. The van der Waals surface area contributed by atoms with E-state index in [1.165, 1.54) is 0 Å². The van der Waals surface area contributed by atoms with Gasteiger partial charge in [-0.2, -0.15) is 0 Å². The van der Waals surface area contributed by atoms with E-state index in [-0.39, 0.29) is 39.6 Å². The Kier molecular flexibility index (Phi) is 19.5. The highest BCUT2D eigenvalue weighted by molar-refractivity contribution is 5.60. The van der Waals surface area contributed by atoms with Crippen molar-refractivity contribution in [3.8, 4) is 0 Å². The predicted octanol–water partition coefficient (Wildman–Crippen LogP) is 2.94. The van der Waals surface area contributed by atoms with Gasteiger partial charge in [-0.1, -0.05) is 26.7 Å². The fourth-order valence-electron chi connectivity index (χ4n) is 1.62. The van der Waals surface area contributed by atoms with Gasteiger partial charge in [0.1, 0.15) is 26.4 Å². The van der Waals surface area contributed by atoms with Crippen LogP contribution in [0.4, 0.5) is 9.59 Å². The molecule has 9 nitrogen and oxygen atoms in total. The predicted molar refractivity (Wildman–Crippen MR) is 96.9 cm³/mol. The van der Waals surface area contributed by atoms with Crippen LogP contribution in [-0.2, 0) is 33.2 Å². The summed E-state index contributed by atoms with van der Waals surface area (Å²) in [7, 11) is 0. The summed E-state index contributed by atoms with van der Waals surface area (Å²) < 4.78 is 34.9. The van der Waals surface area contributed by atoms with Gasteiger partial charge in [0.25, 0.3) is 0 Å². The number of unbranched alkanes of at least 4 members (excludes halogenated alkanes) is 2. The fourth-order valence-corrected chi connectivity index (χ4v) is 1.62. The van der Waals surface area contributed by atoms with Gasteiger partial charge in [-0.15, -0.1) is 0 Å². The average Bonchev–Trinajstić information content (AvgIpc) is 2.66. The second kappa shape index (κ2) is 20.7. The third kappa shape index (κ3) is 20.6. The smallest absolute Gasteiger partial charge is 0.432 e. The molecule has 0 bridgehead atoms. The molecule has 0 aromatic carbocycles. The average molecular weight is 394 g/mol. The summed E-state index contributed by atoms with van der Waals surface area (Å²) in [5.74, 6) is 0. The molecular formula is C18H34O9. The molecule has 0 aliphatic carbocycles. The Bertz CT molecular complexity index is 318. The van der Waals surface area contributed by atoms with Crippen LogP contribution in [0.5, 0.6) is 0 Å². The molecule has 0 aliphatic heterocycles. The minimum absolute atomic E-state index is 0.0507. The lowest BCUT2D eigenvalue weighted by atomic mass is 10.4. The van der Waals surface area contributed by atoms with Gasteiger partial charge in [-0.25, -0.2) is 9.59 Å². The number of rotatable bonds is 18. The van der Waals surface area contributed by atoms with E-state index in [0.29, 0.717) is 26.4 Å². The fraction of sp³-hybridized carbons (Fsp3) is 0.889. The quantitative estimate of drug-likeness (QED) is 0.257. The highest BCUT2D eigenvalue weighted by Gasteiger charge is 2.05. The highest BCUT2D eigenvalue weighted by atomic mass is 16.7. The Hall–Kier alpha value is -1.58. The standard InChI is InChI=1S/C18H34O9/c1-3-5-7-21-9-13-24-17(19)26-15-11-23-12-16-27-18(20)25-14-10-22-8-6-4-2/h3-16H2,1-2H3. The van der Waals surface area contributed by atoms with Gasteiger partial charge in [0.2, 0.25) is 0 Å². The van der Waals surface area contributed by atoms with E-state index < -0.39 is 12.3 Å². The van der Waals surface area contributed by atoms with Crippen LogP contribution in [0.2, 0.25) is 0 Å². The molecule has 27 heavy (non-hydrogen) atoms. The van der Waals surface area contributed by atoms with Gasteiger partial charge in [0.15, 0.2) is 0 Å². The largest absolute Gasteiger partial charge is 0.508 e. The Balaban J connectivity index is 3.27. The van der Waals surface area contributed by atoms with Crippen LogP contribution < -0.4 is 0 Å². The minimum atomic E-state index is -0.765. The molecule has 0 N–H and O–H groups in total. The van der Waals surface area contributed by atoms with Crippen molar-refractivity contribution < 1.29 is 42.7 Å². The number of ether oxygens (including phenoxy) is 7. The van der Waals surface area contributed by atoms with E-state index in [1.807, 2.05) is 0 Å². The van der Waals surface area contributed by atoms with Crippen LogP contribution in [0.1, 0.15) is 39.5 Å². The first-order chi connectivity index (χ1) is 13.2. The Morgan fingerprint density at radius 1 is 0.481 bits per heavy atom. The van der Waals surface area contributed by atoms with Crippen LogP contribution >= 0.6 is 0 Å². The molecule has 0 aromatic rings. The second-order valence-electron chi connectivity index (χ2n) is 5.44. The molecule has 0 heterocycles. The van der Waals surface area contributed by atoms with Crippen molar-refractivity contribution in [2.75, 3.05) is 66.1 Å². The molecule has 0 spiro atoms. The van der Waals surface area contributed by atoms with E-state index in [2.05, 4.69) is 13.8 Å². The molecule has 0 rings (SSSR count). The van der Waals surface area contributed by atoms with Crippen LogP contribution in [-0.4, -0.2) is 78.4 Å². The maximum absolute atomic E-state index is 11.2. The molecule has 0 fully saturated rings. The van der Waals surface area contributed by atoms with Crippen LogP contribution in [0.3, 0.4) is 0 Å². The number of carbonyl (C=O) groups is 2. The zero-order valence-corrected chi connectivity index (χ0v) is 16.6. The Morgan fingerprint density at radius 3 is 1.07 bits per heavy atom. The molecule has 0 radical (unpaired) electrons. The van der Waals surface area contributed by atoms with Crippen LogP contribution in [0, 0.1) is 0 Å². The molecule has 0 saturated carbocycles. The van der Waals surface area contributed by atoms with Crippen molar-refractivity contribution in [2.24, 2.45) is 0 Å². The maximum atomic E-state index is 11.2. The van der Waals surface area contributed by atoms with Crippen molar-refractivity contribution in [2.45, 2.75) is 39.5 Å². The van der Waals surface area contributed by atoms with Crippen molar-refractivity contribution in [1.29, 1.82) is 0 Å². The summed E-state index contributed by atoms with van der Waals surface area (Å²) in [5, 5.41) is 0. The molecular weight excluding hydrogens is 360 g/mol. The minimum Gasteiger partial charge on any atom is -0.432 e. The summed E-state index contributed by atoms with van der Waals surface area (Å²) >= 11 is 0. The lowest BCUT2D eigenvalue weighted by molar-refractivity contribution is -0.00523. The summed E-state index contributed by atoms with van der Waals surface area (Å²) in [6.45, 7) is 6.92. The van der Waals surface area contributed by atoms with Crippen LogP contribution in [0.25, 0.3) is 0 Å². The van der Waals surface area contributed by atoms with Gasteiger partial charge in [-0.3, -0.25) is 0 Å². The first-order valence-electron chi connectivity index (χ1n) is 9.53. The molecule has 160 valence electrons. The first kappa shape index (κ1) is 25.4. The van der Waals surface area contributed by atoms with Crippen molar-refractivity contribution in [3.05, 3.63) is 0 Å². The molecule has 9 heteroatoms. The van der Waals surface area contributed by atoms with Crippen molar-refractivity contribution in [3.63, 3.8) is 0 Å². The summed E-state index contributed by atoms with van der Waals surface area (Å²) in [4.78, 5) is 22.5. The Morgan fingerprint density at radius 2 is 0.778 bits per heavy atom. The number of hydrogen-bond donors (Lipinski definition) is 0. The third-order valence-corrected chi connectivity index (χ3v) is 3.07. The molecule has 0 amide bonds. The monoisotopic (exact) mass is 394 g/mol. The van der Waals surface area contributed by atoms with Gasteiger partial charge >= 0.3 is 12.3 Å². The normalized spacial score (nSPS) is 10.4. The van der Waals surface area contributed by atoms with Crippen molar-refractivity contribution >= 4 is 12.3 Å².